The summed E-state index contributed by atoms with van der Waals surface area (Å²) in [5.74, 6) is 0.932. The highest BCUT2D eigenvalue weighted by Crippen LogP contribution is 2.60. The fraction of sp³-hybridized carbons (Fsp3) is 0.741. The fourth-order valence-corrected chi connectivity index (χ4v) is 8.42. The second kappa shape index (κ2) is 14.8. The standard InChI is InChI=1S/C27H45O4P/c1-4-5-6-7-8-9-10-11-12-16-22-32(29,23-18-14-13-15-19-23)27(28)26-24(30-2)20-17-21-25(26)31-3/h17,20-21,23H,4-16,18-19,22H2,1-3H3. The van der Waals surface area contributed by atoms with Crippen LogP contribution in [0.3, 0.4) is 0 Å². The van der Waals surface area contributed by atoms with Crippen molar-refractivity contribution in [3.05, 3.63) is 23.8 Å². The Balaban J connectivity index is 2.01. The number of hydrogen-bond donors (Lipinski definition) is 0. The van der Waals surface area contributed by atoms with Crippen molar-refractivity contribution in [1.82, 2.24) is 0 Å². The van der Waals surface area contributed by atoms with E-state index in [1.807, 2.05) is 6.07 Å². The summed E-state index contributed by atoms with van der Waals surface area (Å²) in [5, 5.41) is 0. The monoisotopic (exact) mass is 464 g/mol. The minimum Gasteiger partial charge on any atom is -0.496 e. The van der Waals surface area contributed by atoms with E-state index in [2.05, 4.69) is 6.92 Å². The molecule has 1 aromatic rings. The number of methoxy groups -OCH3 is 2. The van der Waals surface area contributed by atoms with Gasteiger partial charge in [0.15, 0.2) is 7.14 Å². The van der Waals surface area contributed by atoms with Crippen molar-refractivity contribution in [2.75, 3.05) is 20.4 Å². The Morgan fingerprint density at radius 3 is 1.84 bits per heavy atom. The van der Waals surface area contributed by atoms with E-state index in [1.54, 1.807) is 26.4 Å². The molecule has 0 radical (unpaired) electrons. The molecule has 182 valence electrons. The number of ether oxygens (including phenoxy) is 2. The summed E-state index contributed by atoms with van der Waals surface area (Å²) in [6, 6.07) is 5.34. The predicted octanol–water partition coefficient (Wildman–Crippen LogP) is 8.46. The molecule has 0 saturated heterocycles. The first-order chi connectivity index (χ1) is 15.6. The molecule has 1 fully saturated rings. The van der Waals surface area contributed by atoms with Crippen LogP contribution in [0.5, 0.6) is 11.5 Å². The van der Waals surface area contributed by atoms with Gasteiger partial charge in [0.2, 0.25) is 5.52 Å². The lowest BCUT2D eigenvalue weighted by Crippen LogP contribution is -2.21. The average molecular weight is 465 g/mol. The normalized spacial score (nSPS) is 16.5. The molecule has 4 nitrogen and oxygen atoms in total. The molecule has 5 heteroatoms. The third-order valence-corrected chi connectivity index (χ3v) is 10.6. The van der Waals surface area contributed by atoms with Crippen molar-refractivity contribution in [2.24, 2.45) is 0 Å². The molecular weight excluding hydrogens is 419 g/mol. The number of hydrogen-bond acceptors (Lipinski definition) is 4. The summed E-state index contributed by atoms with van der Waals surface area (Å²) >= 11 is 0. The molecule has 0 spiro atoms. The van der Waals surface area contributed by atoms with Crippen molar-refractivity contribution in [1.29, 1.82) is 0 Å². The summed E-state index contributed by atoms with van der Waals surface area (Å²) in [6.45, 7) is 2.25. The third kappa shape index (κ3) is 7.65. The summed E-state index contributed by atoms with van der Waals surface area (Å²) in [7, 11) is 0.0490. The first-order valence-corrected chi connectivity index (χ1v) is 14.9. The van der Waals surface area contributed by atoms with Gasteiger partial charge in [-0.15, -0.1) is 0 Å². The van der Waals surface area contributed by atoms with Gasteiger partial charge in [-0.1, -0.05) is 90.0 Å². The van der Waals surface area contributed by atoms with E-state index in [1.165, 1.54) is 57.8 Å². The van der Waals surface area contributed by atoms with Gasteiger partial charge in [-0.25, -0.2) is 0 Å². The number of benzene rings is 1. The van der Waals surface area contributed by atoms with E-state index in [-0.39, 0.29) is 11.2 Å². The molecule has 0 amide bonds. The Kier molecular flexibility index (Phi) is 12.5. The van der Waals surface area contributed by atoms with Crippen LogP contribution in [0.1, 0.15) is 114 Å². The number of carbonyl (C=O) groups is 1. The highest BCUT2D eigenvalue weighted by Gasteiger charge is 2.42. The van der Waals surface area contributed by atoms with E-state index < -0.39 is 7.14 Å². The molecule has 1 atom stereocenters. The molecule has 0 aliphatic heterocycles. The summed E-state index contributed by atoms with van der Waals surface area (Å²) in [6.07, 6.45) is 18.0. The van der Waals surface area contributed by atoms with Crippen molar-refractivity contribution in [2.45, 2.75) is 109 Å². The highest BCUT2D eigenvalue weighted by molar-refractivity contribution is 7.81. The van der Waals surface area contributed by atoms with Gasteiger partial charge >= 0.3 is 0 Å². The molecular formula is C27H45O4P. The van der Waals surface area contributed by atoms with E-state index in [0.29, 0.717) is 23.2 Å². The Labute approximate surface area is 196 Å². The van der Waals surface area contributed by atoms with Crippen LogP contribution in [0.4, 0.5) is 0 Å². The Hall–Kier alpha value is -1.28. The van der Waals surface area contributed by atoms with Gasteiger partial charge in [0.05, 0.1) is 14.2 Å². The van der Waals surface area contributed by atoms with Crippen LogP contribution in [0.2, 0.25) is 0 Å². The maximum atomic E-state index is 14.4. The topological polar surface area (TPSA) is 52.6 Å². The van der Waals surface area contributed by atoms with Gasteiger partial charge in [0.1, 0.15) is 17.1 Å². The maximum absolute atomic E-state index is 14.4. The van der Waals surface area contributed by atoms with Gasteiger partial charge in [-0.3, -0.25) is 4.79 Å². The van der Waals surface area contributed by atoms with Gasteiger partial charge in [-0.2, -0.15) is 0 Å². The van der Waals surface area contributed by atoms with E-state index in [0.717, 1.165) is 38.5 Å². The van der Waals surface area contributed by atoms with Crippen LogP contribution in [-0.2, 0) is 4.57 Å². The first-order valence-electron chi connectivity index (χ1n) is 12.9. The molecule has 0 aromatic heterocycles. The maximum Gasteiger partial charge on any atom is 0.229 e. The molecule has 0 heterocycles. The van der Waals surface area contributed by atoms with Crippen LogP contribution < -0.4 is 9.47 Å². The predicted molar refractivity (Wildman–Crippen MR) is 135 cm³/mol. The number of carbonyl (C=O) groups excluding carboxylic acids is 1. The molecule has 1 aliphatic rings. The van der Waals surface area contributed by atoms with Gasteiger partial charge in [0, 0.05) is 11.8 Å². The number of unbranched alkanes of at least 4 members (excludes halogenated alkanes) is 9. The zero-order chi connectivity index (χ0) is 23.2. The van der Waals surface area contributed by atoms with Crippen molar-refractivity contribution >= 4 is 12.7 Å². The second-order valence-corrected chi connectivity index (χ2v) is 12.5. The smallest absolute Gasteiger partial charge is 0.229 e. The Bertz CT molecular complexity index is 702. The summed E-state index contributed by atoms with van der Waals surface area (Å²) < 4.78 is 25.3. The largest absolute Gasteiger partial charge is 0.496 e. The fourth-order valence-electron chi connectivity index (χ4n) is 5.03. The minimum atomic E-state index is -3.06. The summed E-state index contributed by atoms with van der Waals surface area (Å²) in [4.78, 5) is 13.8. The van der Waals surface area contributed by atoms with Gasteiger partial charge in [-0.05, 0) is 31.4 Å². The third-order valence-electron chi connectivity index (χ3n) is 6.99. The molecule has 0 bridgehead atoms. The van der Waals surface area contributed by atoms with Crippen LogP contribution in [0.15, 0.2) is 18.2 Å². The van der Waals surface area contributed by atoms with E-state index >= 15 is 0 Å². The molecule has 0 N–H and O–H groups in total. The van der Waals surface area contributed by atoms with Crippen LogP contribution in [0, 0.1) is 0 Å². The first kappa shape index (κ1) is 27.0. The molecule has 2 rings (SSSR count). The highest BCUT2D eigenvalue weighted by atomic mass is 31.2. The Morgan fingerprint density at radius 1 is 0.844 bits per heavy atom. The van der Waals surface area contributed by atoms with Crippen molar-refractivity contribution in [3.8, 4) is 11.5 Å². The molecule has 1 unspecified atom stereocenters. The lowest BCUT2D eigenvalue weighted by atomic mass is 10.0. The van der Waals surface area contributed by atoms with Gasteiger partial charge in [0.25, 0.3) is 0 Å². The lowest BCUT2D eigenvalue weighted by Gasteiger charge is -2.30. The second-order valence-electron chi connectivity index (χ2n) is 9.34. The lowest BCUT2D eigenvalue weighted by molar-refractivity contribution is 0.106. The Morgan fingerprint density at radius 2 is 1.34 bits per heavy atom. The number of rotatable bonds is 16. The molecule has 32 heavy (non-hydrogen) atoms. The average Bonchev–Trinajstić information content (AvgIpc) is 2.84. The molecule has 1 aliphatic carbocycles. The minimum absolute atomic E-state index is 0.0111. The SMILES string of the molecule is CCCCCCCCCCCCP(=O)(C(=O)c1c(OC)cccc1OC)C1CCCCC1. The van der Waals surface area contributed by atoms with Gasteiger partial charge < -0.3 is 14.0 Å². The van der Waals surface area contributed by atoms with E-state index in [9.17, 15) is 9.36 Å². The zero-order valence-corrected chi connectivity index (χ0v) is 21.6. The van der Waals surface area contributed by atoms with Crippen LogP contribution in [0.25, 0.3) is 0 Å². The van der Waals surface area contributed by atoms with E-state index in [4.69, 9.17) is 9.47 Å². The molecule has 1 aromatic carbocycles. The zero-order valence-electron chi connectivity index (χ0n) is 20.7. The van der Waals surface area contributed by atoms with Crippen molar-refractivity contribution < 1.29 is 18.8 Å². The van der Waals surface area contributed by atoms with Crippen molar-refractivity contribution in [3.63, 3.8) is 0 Å². The van der Waals surface area contributed by atoms with Crippen LogP contribution >= 0.6 is 7.14 Å². The summed E-state index contributed by atoms with van der Waals surface area (Å²) in [5.41, 5.74) is 0.157. The molecule has 1 saturated carbocycles. The quantitative estimate of drug-likeness (QED) is 0.182. The van der Waals surface area contributed by atoms with Crippen LogP contribution in [-0.4, -0.2) is 31.6 Å².